The molecule has 0 aliphatic heterocycles. The molecule has 0 spiro atoms. The average molecular weight is 296 g/mol. The lowest BCUT2D eigenvalue weighted by Gasteiger charge is -2.10. The van der Waals surface area contributed by atoms with Crippen LogP contribution in [0.25, 0.3) is 0 Å². The van der Waals surface area contributed by atoms with E-state index in [1.807, 2.05) is 0 Å². The van der Waals surface area contributed by atoms with Crippen molar-refractivity contribution in [2.75, 3.05) is 12.9 Å². The Hall–Kier alpha value is -1.82. The van der Waals surface area contributed by atoms with Crippen LogP contribution in [-0.4, -0.2) is 35.0 Å². The number of methoxy groups -OCH3 is 1. The lowest BCUT2D eigenvalue weighted by atomic mass is 9.97. The minimum Gasteiger partial charge on any atom is -0.478 e. The van der Waals surface area contributed by atoms with Gasteiger partial charge in [-0.05, 0) is 17.5 Å². The monoisotopic (exact) mass is 296 g/mol. The summed E-state index contributed by atoms with van der Waals surface area (Å²) in [7, 11) is 1.26. The highest BCUT2D eigenvalue weighted by Gasteiger charge is 2.17. The van der Waals surface area contributed by atoms with Crippen LogP contribution >= 0.6 is 11.8 Å². The SMILES string of the molecule is COC(=O)Cc1cccc(CCSC(C)=O)c1C(=O)O. The normalized spacial score (nSPS) is 10.1. The molecular formula is C14H16O5S. The van der Waals surface area contributed by atoms with Gasteiger partial charge in [-0.15, -0.1) is 0 Å². The van der Waals surface area contributed by atoms with Gasteiger partial charge >= 0.3 is 11.9 Å². The number of ether oxygens (including phenoxy) is 1. The molecule has 5 nitrogen and oxygen atoms in total. The molecule has 0 aliphatic carbocycles. The van der Waals surface area contributed by atoms with Crippen molar-refractivity contribution in [1.29, 1.82) is 0 Å². The predicted octanol–water partition coefficient (Wildman–Crippen LogP) is 1.92. The molecule has 20 heavy (non-hydrogen) atoms. The third-order valence-corrected chi connectivity index (χ3v) is 3.50. The smallest absolute Gasteiger partial charge is 0.336 e. The number of hydrogen-bond donors (Lipinski definition) is 1. The van der Waals surface area contributed by atoms with E-state index in [0.29, 0.717) is 23.3 Å². The number of carbonyl (C=O) groups is 3. The maximum absolute atomic E-state index is 11.4. The van der Waals surface area contributed by atoms with Crippen molar-refractivity contribution in [1.82, 2.24) is 0 Å². The fourth-order valence-corrected chi connectivity index (χ4v) is 2.43. The Morgan fingerprint density at radius 1 is 1.25 bits per heavy atom. The standard InChI is InChI=1S/C14H16O5S/c1-9(15)20-7-6-10-4-3-5-11(8-12(16)19-2)13(10)14(17)18/h3-5H,6-8H2,1-2H3,(H,17,18). The summed E-state index contributed by atoms with van der Waals surface area (Å²) >= 11 is 1.15. The van der Waals surface area contributed by atoms with Gasteiger partial charge in [-0.2, -0.15) is 0 Å². The van der Waals surface area contributed by atoms with E-state index in [1.165, 1.54) is 14.0 Å². The molecule has 0 amide bonds. The maximum Gasteiger partial charge on any atom is 0.336 e. The van der Waals surface area contributed by atoms with Gasteiger partial charge in [-0.1, -0.05) is 30.0 Å². The summed E-state index contributed by atoms with van der Waals surface area (Å²) in [5.74, 6) is -1.05. The highest BCUT2D eigenvalue weighted by atomic mass is 32.2. The summed E-state index contributed by atoms with van der Waals surface area (Å²) < 4.78 is 4.56. The summed E-state index contributed by atoms with van der Waals surface area (Å²) in [6, 6.07) is 5.01. The first kappa shape index (κ1) is 16.2. The van der Waals surface area contributed by atoms with E-state index in [9.17, 15) is 19.5 Å². The van der Waals surface area contributed by atoms with Crippen molar-refractivity contribution in [2.45, 2.75) is 19.8 Å². The second kappa shape index (κ2) is 7.69. The Bertz CT molecular complexity index is 524. The van der Waals surface area contributed by atoms with Crippen molar-refractivity contribution < 1.29 is 24.2 Å². The number of aryl methyl sites for hydroxylation is 1. The largest absolute Gasteiger partial charge is 0.478 e. The van der Waals surface area contributed by atoms with Crippen molar-refractivity contribution in [3.8, 4) is 0 Å². The number of benzene rings is 1. The molecule has 0 unspecified atom stereocenters. The zero-order chi connectivity index (χ0) is 15.1. The molecule has 0 atom stereocenters. The third-order valence-electron chi connectivity index (χ3n) is 2.69. The summed E-state index contributed by atoms with van der Waals surface area (Å²) in [5, 5.41) is 9.31. The molecule has 1 N–H and O–H groups in total. The quantitative estimate of drug-likeness (QED) is 0.808. The van der Waals surface area contributed by atoms with Gasteiger partial charge < -0.3 is 9.84 Å². The summed E-state index contributed by atoms with van der Waals surface area (Å²) in [6.07, 6.45) is 0.382. The van der Waals surface area contributed by atoms with Gasteiger partial charge in [-0.3, -0.25) is 9.59 Å². The van der Waals surface area contributed by atoms with E-state index in [0.717, 1.165) is 11.8 Å². The molecule has 6 heteroatoms. The van der Waals surface area contributed by atoms with E-state index in [4.69, 9.17) is 0 Å². The summed E-state index contributed by atoms with van der Waals surface area (Å²) in [6.45, 7) is 1.47. The number of aromatic carboxylic acids is 1. The highest BCUT2D eigenvalue weighted by Crippen LogP contribution is 2.18. The van der Waals surface area contributed by atoms with Crippen molar-refractivity contribution in [3.63, 3.8) is 0 Å². The molecular weight excluding hydrogens is 280 g/mol. The molecule has 0 fully saturated rings. The van der Waals surface area contributed by atoms with E-state index in [2.05, 4.69) is 4.74 Å². The van der Waals surface area contributed by atoms with Crippen LogP contribution in [0.4, 0.5) is 0 Å². The maximum atomic E-state index is 11.4. The highest BCUT2D eigenvalue weighted by molar-refractivity contribution is 8.13. The minimum atomic E-state index is -1.08. The zero-order valence-corrected chi connectivity index (χ0v) is 12.2. The number of thioether (sulfide) groups is 1. The molecule has 0 saturated carbocycles. The Morgan fingerprint density at radius 2 is 1.90 bits per heavy atom. The first-order valence-corrected chi connectivity index (χ1v) is 6.98. The van der Waals surface area contributed by atoms with Gasteiger partial charge in [0.1, 0.15) is 0 Å². The molecule has 0 radical (unpaired) electrons. The van der Waals surface area contributed by atoms with E-state index in [1.54, 1.807) is 18.2 Å². The lowest BCUT2D eigenvalue weighted by Crippen LogP contribution is -2.13. The first-order valence-electron chi connectivity index (χ1n) is 6.00. The van der Waals surface area contributed by atoms with Crippen LogP contribution in [0.1, 0.15) is 28.4 Å². The molecule has 0 saturated heterocycles. The first-order chi connectivity index (χ1) is 9.45. The number of esters is 1. The van der Waals surface area contributed by atoms with E-state index in [-0.39, 0.29) is 17.1 Å². The molecule has 0 aromatic heterocycles. The molecule has 108 valence electrons. The molecule has 0 bridgehead atoms. The summed E-state index contributed by atoms with van der Waals surface area (Å²) in [4.78, 5) is 33.6. The van der Waals surface area contributed by atoms with Crippen molar-refractivity contribution in [3.05, 3.63) is 34.9 Å². The van der Waals surface area contributed by atoms with Crippen LogP contribution in [0.3, 0.4) is 0 Å². The molecule has 0 heterocycles. The second-order valence-electron chi connectivity index (χ2n) is 4.10. The van der Waals surface area contributed by atoms with Crippen LogP contribution in [0, 0.1) is 0 Å². The van der Waals surface area contributed by atoms with Crippen LogP contribution in [0.5, 0.6) is 0 Å². The van der Waals surface area contributed by atoms with Crippen LogP contribution in [0.2, 0.25) is 0 Å². The Labute approximate surface area is 121 Å². The topological polar surface area (TPSA) is 80.7 Å². The Kier molecular flexibility index (Phi) is 6.24. The lowest BCUT2D eigenvalue weighted by molar-refractivity contribution is -0.139. The van der Waals surface area contributed by atoms with E-state index >= 15 is 0 Å². The van der Waals surface area contributed by atoms with E-state index < -0.39 is 11.9 Å². The van der Waals surface area contributed by atoms with Gasteiger partial charge in [-0.25, -0.2) is 4.79 Å². The molecule has 1 aromatic rings. The van der Waals surface area contributed by atoms with Crippen LogP contribution < -0.4 is 0 Å². The summed E-state index contributed by atoms with van der Waals surface area (Å²) in [5.41, 5.74) is 1.17. The fourth-order valence-electron chi connectivity index (χ4n) is 1.82. The van der Waals surface area contributed by atoms with Gasteiger partial charge in [0.15, 0.2) is 5.12 Å². The van der Waals surface area contributed by atoms with Gasteiger partial charge in [0.2, 0.25) is 0 Å². The van der Waals surface area contributed by atoms with Crippen LogP contribution in [-0.2, 0) is 27.2 Å². The van der Waals surface area contributed by atoms with Gasteiger partial charge in [0.05, 0.1) is 19.1 Å². The van der Waals surface area contributed by atoms with Crippen molar-refractivity contribution >= 4 is 28.8 Å². The van der Waals surface area contributed by atoms with Gasteiger partial charge in [0.25, 0.3) is 0 Å². The average Bonchev–Trinajstić information content (AvgIpc) is 2.37. The molecule has 1 rings (SSSR count). The number of carboxylic acids is 1. The zero-order valence-electron chi connectivity index (χ0n) is 11.3. The minimum absolute atomic E-state index is 0.00686. The number of carbonyl (C=O) groups excluding carboxylic acids is 2. The molecule has 1 aromatic carbocycles. The number of carboxylic acid groups (broad SMARTS) is 1. The number of rotatable bonds is 6. The Balaban J connectivity index is 2.99. The second-order valence-corrected chi connectivity index (χ2v) is 5.37. The van der Waals surface area contributed by atoms with Crippen LogP contribution in [0.15, 0.2) is 18.2 Å². The predicted molar refractivity (Wildman–Crippen MR) is 76.0 cm³/mol. The molecule has 0 aliphatic rings. The fraction of sp³-hybridized carbons (Fsp3) is 0.357. The number of hydrogen-bond acceptors (Lipinski definition) is 5. The third kappa shape index (κ3) is 4.70. The van der Waals surface area contributed by atoms with Crippen molar-refractivity contribution in [2.24, 2.45) is 0 Å². The Morgan fingerprint density at radius 3 is 2.45 bits per heavy atom. The van der Waals surface area contributed by atoms with Gasteiger partial charge in [0, 0.05) is 12.7 Å².